The van der Waals surface area contributed by atoms with E-state index in [1.807, 2.05) is 18.2 Å². The molecule has 0 radical (unpaired) electrons. The van der Waals surface area contributed by atoms with Gasteiger partial charge in [-0.25, -0.2) is 0 Å². The van der Waals surface area contributed by atoms with Gasteiger partial charge < -0.3 is 24.1 Å². The van der Waals surface area contributed by atoms with E-state index in [1.54, 1.807) is 36.4 Å². The second-order valence-electron chi connectivity index (χ2n) is 7.46. The fourth-order valence-electron chi connectivity index (χ4n) is 4.17. The van der Waals surface area contributed by atoms with Crippen LogP contribution in [0.3, 0.4) is 0 Å². The van der Waals surface area contributed by atoms with Gasteiger partial charge in [-0.2, -0.15) is 0 Å². The average molecular weight is 430 g/mol. The predicted molar refractivity (Wildman–Crippen MR) is 116 cm³/mol. The summed E-state index contributed by atoms with van der Waals surface area (Å²) in [5.74, 6) is -2.02. The lowest BCUT2D eigenvalue weighted by atomic mass is 9.84. The molecule has 0 fully saturated rings. The Morgan fingerprint density at radius 2 is 1.69 bits per heavy atom. The van der Waals surface area contributed by atoms with E-state index < -0.39 is 28.8 Å². The molecular formula is C25H18O7. The van der Waals surface area contributed by atoms with Crippen LogP contribution < -0.4 is 14.9 Å². The van der Waals surface area contributed by atoms with Crippen LogP contribution in [0.15, 0.2) is 69.9 Å². The number of hydrogen-bond acceptors (Lipinski definition) is 7. The van der Waals surface area contributed by atoms with Crippen LogP contribution in [0.5, 0.6) is 23.0 Å². The number of methoxy groups -OCH3 is 1. The number of carbonyl (C=O) groups is 1. The molecule has 1 atom stereocenters. The summed E-state index contributed by atoms with van der Waals surface area (Å²) in [5.41, 5.74) is 1.14. The molecule has 32 heavy (non-hydrogen) atoms. The van der Waals surface area contributed by atoms with Crippen molar-refractivity contribution < 1.29 is 28.9 Å². The number of ether oxygens (including phenoxy) is 2. The molecule has 7 heteroatoms. The van der Waals surface area contributed by atoms with E-state index in [0.29, 0.717) is 22.4 Å². The summed E-state index contributed by atoms with van der Waals surface area (Å²) in [4.78, 5) is 25.4. The molecule has 2 heterocycles. The first-order valence-corrected chi connectivity index (χ1v) is 9.94. The summed E-state index contributed by atoms with van der Waals surface area (Å²) in [6.07, 6.45) is -0.0635. The number of aromatic hydroxyl groups is 2. The number of phenols is 2. The standard InChI is InChI=1S/C25H18O7/c1-30-17-10-6-5-9-14(17)15-11-19(27)32-25-20(15)24-21(22(28)23(25)29)16(26)12-18(31-24)13-7-3-2-4-8-13/h2-10,12,15,28-29H,11H2,1H3. The van der Waals surface area contributed by atoms with Gasteiger partial charge in [0.25, 0.3) is 0 Å². The van der Waals surface area contributed by atoms with Gasteiger partial charge in [-0.05, 0) is 6.07 Å². The molecule has 1 aliphatic rings. The van der Waals surface area contributed by atoms with Gasteiger partial charge in [-0.15, -0.1) is 0 Å². The Bertz CT molecular complexity index is 1420. The molecule has 7 nitrogen and oxygen atoms in total. The van der Waals surface area contributed by atoms with Crippen molar-refractivity contribution in [3.8, 4) is 34.3 Å². The highest BCUT2D eigenvalue weighted by Crippen LogP contribution is 2.53. The lowest BCUT2D eigenvalue weighted by Crippen LogP contribution is -2.22. The highest BCUT2D eigenvalue weighted by Gasteiger charge is 2.37. The summed E-state index contributed by atoms with van der Waals surface area (Å²) >= 11 is 0. The topological polar surface area (TPSA) is 106 Å². The molecule has 0 spiro atoms. The molecule has 5 rings (SSSR count). The number of phenolic OH excluding ortho intramolecular Hbond substituents is 2. The minimum absolute atomic E-state index is 0.0464. The number of esters is 1. The van der Waals surface area contributed by atoms with Crippen LogP contribution in [0.2, 0.25) is 0 Å². The van der Waals surface area contributed by atoms with Gasteiger partial charge in [0.1, 0.15) is 22.5 Å². The minimum atomic E-state index is -0.694. The summed E-state index contributed by atoms with van der Waals surface area (Å²) in [6, 6.07) is 17.4. The fourth-order valence-corrected chi connectivity index (χ4v) is 4.17. The van der Waals surface area contributed by atoms with Crippen LogP contribution in [-0.2, 0) is 4.79 Å². The van der Waals surface area contributed by atoms with Crippen LogP contribution in [0.4, 0.5) is 0 Å². The molecule has 0 amide bonds. The molecule has 1 unspecified atom stereocenters. The van der Waals surface area contributed by atoms with Crippen molar-refractivity contribution in [3.05, 3.63) is 82.0 Å². The van der Waals surface area contributed by atoms with Gasteiger partial charge in [-0.1, -0.05) is 48.5 Å². The SMILES string of the molecule is COc1ccccc1C1CC(=O)Oc2c(O)c(O)c3c(=O)cc(-c4ccccc4)oc3c21. The number of hydrogen-bond donors (Lipinski definition) is 2. The Labute approximate surface area is 182 Å². The second kappa shape index (κ2) is 7.46. The van der Waals surface area contributed by atoms with Gasteiger partial charge in [-0.3, -0.25) is 9.59 Å². The van der Waals surface area contributed by atoms with Gasteiger partial charge in [0, 0.05) is 23.1 Å². The van der Waals surface area contributed by atoms with Crippen molar-refractivity contribution in [2.45, 2.75) is 12.3 Å². The molecule has 0 aliphatic carbocycles. The quantitative estimate of drug-likeness (QED) is 0.283. The summed E-state index contributed by atoms with van der Waals surface area (Å²) in [6.45, 7) is 0. The zero-order valence-corrected chi connectivity index (χ0v) is 17.0. The van der Waals surface area contributed by atoms with Crippen LogP contribution in [0, 0.1) is 0 Å². The third-order valence-corrected chi connectivity index (χ3v) is 5.62. The molecule has 2 N–H and O–H groups in total. The Kier molecular flexibility index (Phi) is 4.59. The van der Waals surface area contributed by atoms with E-state index in [0.717, 1.165) is 0 Å². The second-order valence-corrected chi connectivity index (χ2v) is 7.46. The normalized spacial score (nSPS) is 15.3. The summed E-state index contributed by atoms with van der Waals surface area (Å²) in [5, 5.41) is 21.0. The van der Waals surface area contributed by atoms with Crippen LogP contribution in [0.1, 0.15) is 23.5 Å². The number of fused-ring (bicyclic) bond motifs is 3. The predicted octanol–water partition coefficient (Wildman–Crippen LogP) is 4.32. The highest BCUT2D eigenvalue weighted by atomic mass is 16.5. The van der Waals surface area contributed by atoms with E-state index in [9.17, 15) is 19.8 Å². The monoisotopic (exact) mass is 430 g/mol. The molecule has 0 bridgehead atoms. The van der Waals surface area contributed by atoms with Crippen LogP contribution in [0.25, 0.3) is 22.3 Å². The fraction of sp³-hybridized carbons (Fsp3) is 0.120. The minimum Gasteiger partial charge on any atom is -0.504 e. The first-order chi connectivity index (χ1) is 15.5. The van der Waals surface area contributed by atoms with E-state index in [4.69, 9.17) is 13.9 Å². The van der Waals surface area contributed by atoms with Gasteiger partial charge in [0.05, 0.1) is 19.1 Å². The van der Waals surface area contributed by atoms with Crippen molar-refractivity contribution in [2.75, 3.05) is 7.11 Å². The zero-order valence-electron chi connectivity index (χ0n) is 17.0. The van der Waals surface area contributed by atoms with Crippen molar-refractivity contribution in [3.63, 3.8) is 0 Å². The van der Waals surface area contributed by atoms with Crippen molar-refractivity contribution >= 4 is 16.9 Å². The van der Waals surface area contributed by atoms with Crippen LogP contribution in [-0.4, -0.2) is 23.3 Å². The molecule has 0 saturated heterocycles. The number of benzene rings is 3. The van der Waals surface area contributed by atoms with Crippen molar-refractivity contribution in [1.82, 2.24) is 0 Å². The number of carbonyl (C=O) groups excluding carboxylic acids is 1. The smallest absolute Gasteiger partial charge is 0.312 e. The van der Waals surface area contributed by atoms with Gasteiger partial charge in [0.2, 0.25) is 5.75 Å². The number of para-hydroxylation sites is 1. The maximum atomic E-state index is 13.0. The maximum absolute atomic E-state index is 13.0. The van der Waals surface area contributed by atoms with Crippen LogP contribution >= 0.6 is 0 Å². The van der Waals surface area contributed by atoms with Gasteiger partial charge >= 0.3 is 5.97 Å². The Morgan fingerprint density at radius 1 is 0.969 bits per heavy atom. The first-order valence-electron chi connectivity index (χ1n) is 9.94. The number of rotatable bonds is 3. The molecule has 160 valence electrons. The molecule has 4 aromatic rings. The van der Waals surface area contributed by atoms with E-state index >= 15 is 0 Å². The Morgan fingerprint density at radius 3 is 2.44 bits per heavy atom. The summed E-state index contributed by atoms with van der Waals surface area (Å²) < 4.78 is 16.9. The molecule has 1 aromatic heterocycles. The highest BCUT2D eigenvalue weighted by molar-refractivity contribution is 5.96. The zero-order chi connectivity index (χ0) is 22.4. The summed E-state index contributed by atoms with van der Waals surface area (Å²) in [7, 11) is 1.51. The molecule has 0 saturated carbocycles. The van der Waals surface area contributed by atoms with Gasteiger partial charge in [0.15, 0.2) is 16.9 Å². The molecule has 3 aromatic carbocycles. The lowest BCUT2D eigenvalue weighted by Gasteiger charge is -2.27. The Hall–Kier alpha value is -4.26. The Balaban J connectivity index is 1.89. The largest absolute Gasteiger partial charge is 0.504 e. The third-order valence-electron chi connectivity index (χ3n) is 5.62. The third kappa shape index (κ3) is 2.98. The lowest BCUT2D eigenvalue weighted by molar-refractivity contribution is -0.135. The molecular weight excluding hydrogens is 412 g/mol. The maximum Gasteiger partial charge on any atom is 0.312 e. The average Bonchev–Trinajstić information content (AvgIpc) is 2.82. The van der Waals surface area contributed by atoms with Crippen molar-refractivity contribution in [2.24, 2.45) is 0 Å². The first kappa shape index (κ1) is 19.7. The van der Waals surface area contributed by atoms with Crippen molar-refractivity contribution in [1.29, 1.82) is 0 Å². The molecule has 1 aliphatic heterocycles. The van der Waals surface area contributed by atoms with E-state index in [-0.39, 0.29) is 28.9 Å². The van der Waals surface area contributed by atoms with E-state index in [2.05, 4.69) is 0 Å². The van der Waals surface area contributed by atoms with E-state index in [1.165, 1.54) is 13.2 Å².